The summed E-state index contributed by atoms with van der Waals surface area (Å²) in [7, 11) is 0. The zero-order chi connectivity index (χ0) is 22.9. The molecule has 0 radical (unpaired) electrons. The van der Waals surface area contributed by atoms with Gasteiger partial charge in [0.05, 0.1) is 11.9 Å². The van der Waals surface area contributed by atoms with E-state index >= 15 is 0 Å². The van der Waals surface area contributed by atoms with Crippen LogP contribution in [-0.4, -0.2) is 20.0 Å². The van der Waals surface area contributed by atoms with Crippen molar-refractivity contribution in [3.8, 4) is 11.1 Å². The highest BCUT2D eigenvalue weighted by Crippen LogP contribution is 2.31. The van der Waals surface area contributed by atoms with Gasteiger partial charge in [0.1, 0.15) is 17.6 Å². The first-order valence-corrected chi connectivity index (χ1v) is 9.88. The van der Waals surface area contributed by atoms with E-state index in [0.29, 0.717) is 17.6 Å². The van der Waals surface area contributed by atoms with Crippen LogP contribution in [0.4, 0.5) is 18.9 Å². The molecule has 2 aromatic heterocycles. The fourth-order valence-electron chi connectivity index (χ4n) is 3.52. The Kier molecular flexibility index (Phi) is 5.56. The smallest absolute Gasteiger partial charge is 0.332 e. The van der Waals surface area contributed by atoms with Crippen LogP contribution in [0, 0.1) is 0 Å². The van der Waals surface area contributed by atoms with E-state index < -0.39 is 17.6 Å². The maximum absolute atomic E-state index is 13.0. The van der Waals surface area contributed by atoms with Crippen molar-refractivity contribution in [1.29, 1.82) is 0 Å². The molecule has 1 amide bonds. The first-order valence-electron chi connectivity index (χ1n) is 9.88. The SMILES string of the molecule is CCn1cnc2c(-c3ccccc3)cn(CC(=O)Nc3cccc(C(F)(F)F)c3)c2c1=O. The minimum Gasteiger partial charge on any atom is -0.332 e. The van der Waals surface area contributed by atoms with Crippen LogP contribution in [-0.2, 0) is 24.1 Å². The second kappa shape index (κ2) is 8.33. The Labute approximate surface area is 180 Å². The van der Waals surface area contributed by atoms with E-state index in [1.807, 2.05) is 30.3 Å². The highest BCUT2D eigenvalue weighted by molar-refractivity contribution is 5.95. The molecule has 164 valence electrons. The number of carbonyl (C=O) groups excluding carboxylic acids is 1. The molecule has 4 aromatic rings. The number of hydrogen-bond acceptors (Lipinski definition) is 3. The van der Waals surface area contributed by atoms with Crippen LogP contribution in [0.15, 0.2) is 71.9 Å². The van der Waals surface area contributed by atoms with Gasteiger partial charge in [0.25, 0.3) is 5.56 Å². The van der Waals surface area contributed by atoms with Gasteiger partial charge < -0.3 is 9.88 Å². The molecule has 9 heteroatoms. The Hall–Kier alpha value is -3.88. The Morgan fingerprint density at radius 1 is 1.06 bits per heavy atom. The molecule has 6 nitrogen and oxygen atoms in total. The quantitative estimate of drug-likeness (QED) is 0.495. The lowest BCUT2D eigenvalue weighted by Crippen LogP contribution is -2.24. The van der Waals surface area contributed by atoms with Crippen molar-refractivity contribution >= 4 is 22.6 Å². The number of nitrogens with one attached hydrogen (secondary N) is 1. The van der Waals surface area contributed by atoms with Crippen molar-refractivity contribution in [2.24, 2.45) is 0 Å². The molecule has 32 heavy (non-hydrogen) atoms. The van der Waals surface area contributed by atoms with E-state index in [9.17, 15) is 22.8 Å². The number of nitrogens with zero attached hydrogens (tertiary/aromatic N) is 3. The van der Waals surface area contributed by atoms with E-state index in [0.717, 1.165) is 17.7 Å². The number of aryl methyl sites for hydroxylation is 1. The summed E-state index contributed by atoms with van der Waals surface area (Å²) >= 11 is 0. The van der Waals surface area contributed by atoms with Crippen molar-refractivity contribution in [2.75, 3.05) is 5.32 Å². The largest absolute Gasteiger partial charge is 0.416 e. The lowest BCUT2D eigenvalue weighted by atomic mass is 10.1. The summed E-state index contributed by atoms with van der Waals surface area (Å²) in [6, 6.07) is 13.7. The zero-order valence-electron chi connectivity index (χ0n) is 17.1. The summed E-state index contributed by atoms with van der Waals surface area (Å²) in [6.45, 7) is 1.95. The number of alkyl halides is 3. The van der Waals surface area contributed by atoms with Gasteiger partial charge in [-0.3, -0.25) is 14.2 Å². The summed E-state index contributed by atoms with van der Waals surface area (Å²) in [5.74, 6) is -0.563. The van der Waals surface area contributed by atoms with E-state index in [4.69, 9.17) is 0 Å². The number of hydrogen-bond donors (Lipinski definition) is 1. The van der Waals surface area contributed by atoms with Gasteiger partial charge >= 0.3 is 6.18 Å². The van der Waals surface area contributed by atoms with Crippen molar-refractivity contribution in [2.45, 2.75) is 26.2 Å². The van der Waals surface area contributed by atoms with Crippen LogP contribution >= 0.6 is 0 Å². The molecule has 0 aliphatic rings. The predicted molar refractivity (Wildman–Crippen MR) is 115 cm³/mol. The fourth-order valence-corrected chi connectivity index (χ4v) is 3.52. The van der Waals surface area contributed by atoms with Gasteiger partial charge in [0.2, 0.25) is 5.91 Å². The molecule has 1 N–H and O–H groups in total. The minimum absolute atomic E-state index is 0.0219. The Morgan fingerprint density at radius 2 is 1.81 bits per heavy atom. The van der Waals surface area contributed by atoms with E-state index in [1.165, 1.54) is 27.6 Å². The molecular weight excluding hydrogens is 421 g/mol. The van der Waals surface area contributed by atoms with Gasteiger partial charge in [-0.1, -0.05) is 36.4 Å². The maximum atomic E-state index is 13.0. The molecule has 0 atom stereocenters. The average Bonchev–Trinajstić information content (AvgIpc) is 3.13. The lowest BCUT2D eigenvalue weighted by molar-refractivity contribution is -0.137. The molecule has 0 aliphatic carbocycles. The van der Waals surface area contributed by atoms with E-state index in [2.05, 4.69) is 10.3 Å². The highest BCUT2D eigenvalue weighted by atomic mass is 19.4. The topological polar surface area (TPSA) is 68.9 Å². The van der Waals surface area contributed by atoms with Crippen LogP contribution in [0.2, 0.25) is 0 Å². The van der Waals surface area contributed by atoms with Gasteiger partial charge in [-0.2, -0.15) is 13.2 Å². The minimum atomic E-state index is -4.52. The first kappa shape index (κ1) is 21.4. The molecule has 0 aliphatic heterocycles. The fraction of sp³-hybridized carbons (Fsp3) is 0.174. The number of benzene rings is 2. The Morgan fingerprint density at radius 3 is 2.50 bits per heavy atom. The molecule has 0 fully saturated rings. The molecule has 0 unspecified atom stereocenters. The third-order valence-electron chi connectivity index (χ3n) is 5.05. The van der Waals surface area contributed by atoms with Crippen molar-refractivity contribution in [3.63, 3.8) is 0 Å². The normalized spacial score (nSPS) is 11.6. The third-order valence-corrected chi connectivity index (χ3v) is 5.05. The predicted octanol–water partition coefficient (Wildman–Crippen LogP) is 4.54. The number of amides is 1. The van der Waals surface area contributed by atoms with Crippen LogP contribution in [0.5, 0.6) is 0 Å². The van der Waals surface area contributed by atoms with Crippen LogP contribution in [0.25, 0.3) is 22.2 Å². The molecule has 0 saturated carbocycles. The Bertz CT molecular complexity index is 1340. The highest BCUT2D eigenvalue weighted by Gasteiger charge is 2.30. The van der Waals surface area contributed by atoms with Crippen molar-refractivity contribution < 1.29 is 18.0 Å². The number of aromatic nitrogens is 3. The second-order valence-corrected chi connectivity index (χ2v) is 7.20. The molecule has 4 rings (SSSR count). The third kappa shape index (κ3) is 4.14. The summed E-state index contributed by atoms with van der Waals surface area (Å²) in [4.78, 5) is 30.0. The molecule has 0 saturated heterocycles. The maximum Gasteiger partial charge on any atom is 0.416 e. The number of rotatable bonds is 5. The number of carbonyl (C=O) groups is 1. The van der Waals surface area contributed by atoms with Gasteiger partial charge in [-0.05, 0) is 30.7 Å². The summed E-state index contributed by atoms with van der Waals surface area (Å²) in [6.07, 6.45) is -1.39. The van der Waals surface area contributed by atoms with Crippen LogP contribution < -0.4 is 10.9 Å². The molecular formula is C23H19F3N4O2. The number of anilines is 1. The zero-order valence-corrected chi connectivity index (χ0v) is 17.1. The van der Waals surface area contributed by atoms with Crippen LogP contribution in [0.3, 0.4) is 0 Å². The standard InChI is InChI=1S/C23H19F3N4O2/c1-2-29-14-27-20-18(15-7-4-3-5-8-15)12-30(21(20)22(29)32)13-19(31)28-17-10-6-9-16(11-17)23(24,25)26/h3-12,14H,2,13H2,1H3,(H,28,31). The average molecular weight is 440 g/mol. The monoisotopic (exact) mass is 440 g/mol. The molecule has 2 heterocycles. The number of fused-ring (bicyclic) bond motifs is 1. The van der Waals surface area contributed by atoms with Crippen molar-refractivity contribution in [1.82, 2.24) is 14.1 Å². The van der Waals surface area contributed by atoms with Gasteiger partial charge in [0, 0.05) is 24.0 Å². The van der Waals surface area contributed by atoms with Crippen LogP contribution in [0.1, 0.15) is 12.5 Å². The van der Waals surface area contributed by atoms with E-state index in [1.54, 1.807) is 13.1 Å². The van der Waals surface area contributed by atoms with Gasteiger partial charge in [0.15, 0.2) is 0 Å². The van der Waals surface area contributed by atoms with E-state index in [-0.39, 0.29) is 23.3 Å². The second-order valence-electron chi connectivity index (χ2n) is 7.20. The first-order chi connectivity index (χ1) is 15.3. The van der Waals surface area contributed by atoms with Gasteiger partial charge in [-0.15, -0.1) is 0 Å². The van der Waals surface area contributed by atoms with Crippen molar-refractivity contribution in [3.05, 3.63) is 83.0 Å². The lowest BCUT2D eigenvalue weighted by Gasteiger charge is -2.11. The molecule has 0 bridgehead atoms. The summed E-state index contributed by atoms with van der Waals surface area (Å²) in [5.41, 5.74) is 1.09. The number of halogens is 3. The Balaban J connectivity index is 1.71. The molecule has 2 aromatic carbocycles. The summed E-state index contributed by atoms with van der Waals surface area (Å²) < 4.78 is 41.8. The molecule has 0 spiro atoms. The summed E-state index contributed by atoms with van der Waals surface area (Å²) in [5, 5.41) is 2.48. The van der Waals surface area contributed by atoms with Gasteiger partial charge in [-0.25, -0.2) is 4.98 Å².